The largest absolute Gasteiger partial charge is 0.395 e. The molecule has 0 amide bonds. The van der Waals surface area contributed by atoms with Gasteiger partial charge in [-0.3, -0.25) is 0 Å². The van der Waals surface area contributed by atoms with Gasteiger partial charge in [0.1, 0.15) is 18.0 Å². The van der Waals surface area contributed by atoms with Crippen LogP contribution in [0.3, 0.4) is 0 Å². The van der Waals surface area contributed by atoms with Crippen molar-refractivity contribution in [1.29, 1.82) is 0 Å². The maximum atomic E-state index is 8.76. The van der Waals surface area contributed by atoms with E-state index in [1.165, 1.54) is 6.33 Å². The van der Waals surface area contributed by atoms with Crippen molar-refractivity contribution in [3.8, 4) is 0 Å². The third-order valence-corrected chi connectivity index (χ3v) is 3.41. The van der Waals surface area contributed by atoms with Gasteiger partial charge in [-0.05, 0) is 30.7 Å². The van der Waals surface area contributed by atoms with Crippen LogP contribution in [0.15, 0.2) is 35.1 Å². The van der Waals surface area contributed by atoms with Crippen molar-refractivity contribution in [2.45, 2.75) is 6.92 Å². The average molecular weight is 323 g/mol. The van der Waals surface area contributed by atoms with E-state index in [1.807, 2.05) is 25.1 Å². The maximum absolute atomic E-state index is 8.76. The summed E-state index contributed by atoms with van der Waals surface area (Å²) in [5.74, 6) is 1.39. The molecule has 1 aromatic carbocycles. The summed E-state index contributed by atoms with van der Waals surface area (Å²) in [7, 11) is 0. The zero-order valence-corrected chi connectivity index (χ0v) is 12.1. The lowest BCUT2D eigenvalue weighted by atomic mass is 10.2. The molecule has 6 heteroatoms. The van der Waals surface area contributed by atoms with Crippen LogP contribution >= 0.6 is 15.9 Å². The fourth-order valence-electron chi connectivity index (χ4n) is 1.58. The number of halogens is 1. The molecule has 2 aromatic rings. The highest BCUT2D eigenvalue weighted by molar-refractivity contribution is 9.10. The SMILES string of the molecule is Cc1cc(Nc2cc(NCCO)ncn2)ccc1Br. The van der Waals surface area contributed by atoms with Gasteiger partial charge in [-0.2, -0.15) is 0 Å². The number of aromatic nitrogens is 2. The van der Waals surface area contributed by atoms with E-state index in [-0.39, 0.29) is 6.61 Å². The van der Waals surface area contributed by atoms with Crippen LogP contribution in [0.25, 0.3) is 0 Å². The highest BCUT2D eigenvalue weighted by Crippen LogP contribution is 2.22. The van der Waals surface area contributed by atoms with Crippen molar-refractivity contribution < 1.29 is 5.11 Å². The summed E-state index contributed by atoms with van der Waals surface area (Å²) < 4.78 is 1.08. The quantitative estimate of drug-likeness (QED) is 0.789. The molecule has 1 heterocycles. The fourth-order valence-corrected chi connectivity index (χ4v) is 1.82. The van der Waals surface area contributed by atoms with E-state index in [0.717, 1.165) is 15.7 Å². The predicted molar refractivity (Wildman–Crippen MR) is 79.8 cm³/mol. The number of benzene rings is 1. The Morgan fingerprint density at radius 3 is 2.74 bits per heavy atom. The highest BCUT2D eigenvalue weighted by atomic mass is 79.9. The number of hydrogen-bond acceptors (Lipinski definition) is 5. The topological polar surface area (TPSA) is 70.1 Å². The second-order valence-corrected chi connectivity index (χ2v) is 4.88. The van der Waals surface area contributed by atoms with Crippen molar-refractivity contribution in [3.05, 3.63) is 40.6 Å². The Morgan fingerprint density at radius 2 is 2.00 bits per heavy atom. The molecule has 0 unspecified atom stereocenters. The fraction of sp³-hybridized carbons (Fsp3) is 0.231. The Labute approximate surface area is 120 Å². The molecular formula is C13H15BrN4O. The van der Waals surface area contributed by atoms with E-state index in [2.05, 4.69) is 36.5 Å². The van der Waals surface area contributed by atoms with Gasteiger partial charge < -0.3 is 15.7 Å². The van der Waals surface area contributed by atoms with Crippen LogP contribution in [-0.4, -0.2) is 28.2 Å². The molecule has 0 aliphatic heterocycles. The summed E-state index contributed by atoms with van der Waals surface area (Å²) in [5.41, 5.74) is 2.12. The number of rotatable bonds is 5. The summed E-state index contributed by atoms with van der Waals surface area (Å²) in [6.45, 7) is 2.57. The number of nitrogens with zero attached hydrogens (tertiary/aromatic N) is 2. The number of nitrogens with one attached hydrogen (secondary N) is 2. The first-order valence-electron chi connectivity index (χ1n) is 5.89. The van der Waals surface area contributed by atoms with Crippen molar-refractivity contribution in [2.75, 3.05) is 23.8 Å². The van der Waals surface area contributed by atoms with Crippen molar-refractivity contribution in [1.82, 2.24) is 9.97 Å². The number of aryl methyl sites for hydroxylation is 1. The van der Waals surface area contributed by atoms with Gasteiger partial charge in [0.05, 0.1) is 6.61 Å². The molecule has 3 N–H and O–H groups in total. The first kappa shape index (κ1) is 13.8. The zero-order valence-electron chi connectivity index (χ0n) is 10.5. The van der Waals surface area contributed by atoms with E-state index in [4.69, 9.17) is 5.11 Å². The van der Waals surface area contributed by atoms with Crippen molar-refractivity contribution >= 4 is 33.3 Å². The molecule has 2 rings (SSSR count). The summed E-state index contributed by atoms with van der Waals surface area (Å²) >= 11 is 3.47. The molecule has 0 bridgehead atoms. The Hall–Kier alpha value is -1.66. The second-order valence-electron chi connectivity index (χ2n) is 4.03. The number of aliphatic hydroxyl groups is 1. The molecule has 0 aliphatic carbocycles. The van der Waals surface area contributed by atoms with Gasteiger partial charge in [0.25, 0.3) is 0 Å². The van der Waals surface area contributed by atoms with Crippen LogP contribution < -0.4 is 10.6 Å². The maximum Gasteiger partial charge on any atom is 0.135 e. The molecule has 0 saturated carbocycles. The monoisotopic (exact) mass is 322 g/mol. The summed E-state index contributed by atoms with van der Waals surface area (Å²) in [6, 6.07) is 7.80. The Bertz CT molecular complexity index is 562. The van der Waals surface area contributed by atoms with Gasteiger partial charge in [-0.25, -0.2) is 9.97 Å². The first-order chi connectivity index (χ1) is 9.19. The van der Waals surface area contributed by atoms with E-state index >= 15 is 0 Å². The Morgan fingerprint density at radius 1 is 1.21 bits per heavy atom. The van der Waals surface area contributed by atoms with Gasteiger partial charge >= 0.3 is 0 Å². The molecule has 0 fully saturated rings. The van der Waals surface area contributed by atoms with Crippen LogP contribution in [0.1, 0.15) is 5.56 Å². The number of hydrogen-bond donors (Lipinski definition) is 3. The molecule has 0 atom stereocenters. The van der Waals surface area contributed by atoms with Crippen LogP contribution in [-0.2, 0) is 0 Å². The minimum atomic E-state index is 0.0681. The number of aliphatic hydroxyl groups excluding tert-OH is 1. The van der Waals surface area contributed by atoms with Crippen LogP contribution in [0.4, 0.5) is 17.3 Å². The third-order valence-electron chi connectivity index (χ3n) is 2.52. The molecule has 0 spiro atoms. The molecule has 5 nitrogen and oxygen atoms in total. The zero-order chi connectivity index (χ0) is 13.7. The van der Waals surface area contributed by atoms with E-state index in [0.29, 0.717) is 18.2 Å². The van der Waals surface area contributed by atoms with Gasteiger partial charge in [0, 0.05) is 22.8 Å². The van der Waals surface area contributed by atoms with Crippen LogP contribution in [0, 0.1) is 6.92 Å². The molecule has 100 valence electrons. The van der Waals surface area contributed by atoms with Crippen LogP contribution in [0.5, 0.6) is 0 Å². The molecule has 19 heavy (non-hydrogen) atoms. The van der Waals surface area contributed by atoms with Crippen molar-refractivity contribution in [3.63, 3.8) is 0 Å². The average Bonchev–Trinajstić information content (AvgIpc) is 2.41. The Balaban J connectivity index is 2.11. The van der Waals surface area contributed by atoms with E-state index in [9.17, 15) is 0 Å². The van der Waals surface area contributed by atoms with Gasteiger partial charge in [0.2, 0.25) is 0 Å². The smallest absolute Gasteiger partial charge is 0.135 e. The minimum absolute atomic E-state index is 0.0681. The van der Waals surface area contributed by atoms with Crippen LogP contribution in [0.2, 0.25) is 0 Å². The molecule has 0 saturated heterocycles. The molecule has 0 radical (unpaired) electrons. The predicted octanol–water partition coefficient (Wildman–Crippen LogP) is 2.70. The molecular weight excluding hydrogens is 308 g/mol. The highest BCUT2D eigenvalue weighted by Gasteiger charge is 2.01. The van der Waals surface area contributed by atoms with E-state index in [1.54, 1.807) is 6.07 Å². The first-order valence-corrected chi connectivity index (χ1v) is 6.68. The van der Waals surface area contributed by atoms with E-state index < -0.39 is 0 Å². The standard InChI is InChI=1S/C13H15BrN4O/c1-9-6-10(2-3-11(9)14)18-13-7-12(15-4-5-19)16-8-17-13/h2-3,6-8,19H,4-5H2,1H3,(H2,15,16,17,18). The summed E-state index contributed by atoms with van der Waals surface area (Å²) in [4.78, 5) is 8.23. The summed E-state index contributed by atoms with van der Waals surface area (Å²) in [6.07, 6.45) is 1.48. The summed E-state index contributed by atoms with van der Waals surface area (Å²) in [5, 5.41) is 15.0. The van der Waals surface area contributed by atoms with Gasteiger partial charge in [0.15, 0.2) is 0 Å². The molecule has 1 aromatic heterocycles. The number of anilines is 3. The second kappa shape index (κ2) is 6.49. The Kier molecular flexibility index (Phi) is 4.70. The third kappa shape index (κ3) is 3.90. The minimum Gasteiger partial charge on any atom is -0.395 e. The van der Waals surface area contributed by atoms with Gasteiger partial charge in [-0.1, -0.05) is 15.9 Å². The van der Waals surface area contributed by atoms with Gasteiger partial charge in [-0.15, -0.1) is 0 Å². The lowest BCUT2D eigenvalue weighted by Crippen LogP contribution is -2.07. The van der Waals surface area contributed by atoms with Crippen molar-refractivity contribution in [2.24, 2.45) is 0 Å². The lowest BCUT2D eigenvalue weighted by Gasteiger charge is -2.09. The molecule has 0 aliphatic rings. The lowest BCUT2D eigenvalue weighted by molar-refractivity contribution is 0.311. The normalized spacial score (nSPS) is 10.3.